The molecule has 0 bridgehead atoms. The molecule has 3 nitrogen and oxygen atoms in total. The van der Waals surface area contributed by atoms with E-state index in [0.29, 0.717) is 6.42 Å². The molecule has 1 aromatic rings. The van der Waals surface area contributed by atoms with Gasteiger partial charge in [-0.25, -0.2) is 0 Å². The molecule has 0 aliphatic heterocycles. The molecule has 112 valence electrons. The average Bonchev–Trinajstić information content (AvgIpc) is 2.46. The van der Waals surface area contributed by atoms with Gasteiger partial charge < -0.3 is 15.2 Å². The maximum absolute atomic E-state index is 11.1. The van der Waals surface area contributed by atoms with E-state index < -0.39 is 5.60 Å². The van der Waals surface area contributed by atoms with E-state index in [2.05, 4.69) is 18.8 Å². The van der Waals surface area contributed by atoms with Gasteiger partial charge in [-0.3, -0.25) is 0 Å². The number of hydrogen-bond acceptors (Lipinski definition) is 3. The standard InChI is InChI=1S/C17H27NO2/c1-6-11-17(19,13(4)18-8-3)15-9-10-16(20-5)14(7-2)12-15/h7,9-10,12-13,18-19H,2,6,8,11H2,1,3-5H3. The second kappa shape index (κ2) is 7.46. The number of aliphatic hydroxyl groups is 1. The molecule has 2 N–H and O–H groups in total. The fourth-order valence-electron chi connectivity index (χ4n) is 2.63. The summed E-state index contributed by atoms with van der Waals surface area (Å²) in [6, 6.07) is 5.79. The Bertz CT molecular complexity index is 445. The van der Waals surface area contributed by atoms with Gasteiger partial charge in [-0.1, -0.05) is 39.0 Å². The maximum atomic E-state index is 11.1. The van der Waals surface area contributed by atoms with Crippen LogP contribution in [-0.4, -0.2) is 24.8 Å². The van der Waals surface area contributed by atoms with Crippen LogP contribution in [-0.2, 0) is 5.60 Å². The van der Waals surface area contributed by atoms with E-state index in [9.17, 15) is 5.11 Å². The van der Waals surface area contributed by atoms with Gasteiger partial charge in [0.2, 0.25) is 0 Å². The largest absolute Gasteiger partial charge is 0.496 e. The molecule has 1 aromatic carbocycles. The first-order chi connectivity index (χ1) is 9.53. The van der Waals surface area contributed by atoms with Gasteiger partial charge >= 0.3 is 0 Å². The van der Waals surface area contributed by atoms with Crippen molar-refractivity contribution in [2.45, 2.75) is 45.3 Å². The predicted molar refractivity (Wildman–Crippen MR) is 85.0 cm³/mol. The third kappa shape index (κ3) is 3.41. The summed E-state index contributed by atoms with van der Waals surface area (Å²) in [6.45, 7) is 10.8. The second-order valence-corrected chi connectivity index (χ2v) is 5.11. The number of hydrogen-bond donors (Lipinski definition) is 2. The van der Waals surface area contributed by atoms with Crippen LogP contribution < -0.4 is 10.1 Å². The van der Waals surface area contributed by atoms with Crippen LogP contribution >= 0.6 is 0 Å². The van der Waals surface area contributed by atoms with E-state index >= 15 is 0 Å². The Morgan fingerprint density at radius 3 is 2.65 bits per heavy atom. The topological polar surface area (TPSA) is 41.5 Å². The predicted octanol–water partition coefficient (Wildman–Crippen LogP) is 3.32. The van der Waals surface area contributed by atoms with Gasteiger partial charge in [0.1, 0.15) is 11.4 Å². The second-order valence-electron chi connectivity index (χ2n) is 5.11. The monoisotopic (exact) mass is 277 g/mol. The molecule has 2 atom stereocenters. The first-order valence-corrected chi connectivity index (χ1v) is 7.30. The summed E-state index contributed by atoms with van der Waals surface area (Å²) in [5, 5.41) is 14.5. The van der Waals surface area contributed by atoms with Gasteiger partial charge in [-0.2, -0.15) is 0 Å². The molecule has 0 amide bonds. The Kier molecular flexibility index (Phi) is 6.24. The number of likely N-dealkylation sites (N-methyl/N-ethyl adjacent to an activating group) is 1. The molecule has 2 unspecified atom stereocenters. The molecule has 0 heterocycles. The van der Waals surface area contributed by atoms with Crippen LogP contribution in [0.1, 0.15) is 44.7 Å². The number of methoxy groups -OCH3 is 1. The lowest BCUT2D eigenvalue weighted by atomic mass is 9.82. The molecule has 0 spiro atoms. The van der Waals surface area contributed by atoms with Crippen molar-refractivity contribution in [1.29, 1.82) is 0 Å². The number of benzene rings is 1. The zero-order valence-electron chi connectivity index (χ0n) is 13.1. The van der Waals surface area contributed by atoms with E-state index in [1.54, 1.807) is 13.2 Å². The molecular weight excluding hydrogens is 250 g/mol. The summed E-state index contributed by atoms with van der Waals surface area (Å²) >= 11 is 0. The van der Waals surface area contributed by atoms with Crippen LogP contribution in [0.4, 0.5) is 0 Å². The van der Waals surface area contributed by atoms with E-state index in [1.165, 1.54) is 0 Å². The Labute approximate surface area is 122 Å². The minimum atomic E-state index is -0.880. The molecule has 0 aliphatic rings. The summed E-state index contributed by atoms with van der Waals surface area (Å²) < 4.78 is 5.30. The van der Waals surface area contributed by atoms with Crippen molar-refractivity contribution in [2.75, 3.05) is 13.7 Å². The normalized spacial score (nSPS) is 15.4. The number of nitrogens with one attached hydrogen (secondary N) is 1. The molecule has 0 saturated carbocycles. The molecule has 0 aromatic heterocycles. The first kappa shape index (κ1) is 16.7. The summed E-state index contributed by atoms with van der Waals surface area (Å²) in [4.78, 5) is 0. The van der Waals surface area contributed by atoms with E-state index in [1.807, 2.05) is 32.0 Å². The zero-order chi connectivity index (χ0) is 15.2. The molecular formula is C17H27NO2. The SMILES string of the molecule is C=Cc1cc(C(O)(CCC)C(C)NCC)ccc1OC. The Hall–Kier alpha value is -1.32. The number of ether oxygens (including phenoxy) is 1. The summed E-state index contributed by atoms with van der Waals surface area (Å²) in [7, 11) is 1.64. The van der Waals surface area contributed by atoms with Crippen LogP contribution in [0.25, 0.3) is 6.08 Å². The maximum Gasteiger partial charge on any atom is 0.126 e. The van der Waals surface area contributed by atoms with Crippen molar-refractivity contribution in [3.05, 3.63) is 35.9 Å². The minimum absolute atomic E-state index is 0.0153. The minimum Gasteiger partial charge on any atom is -0.496 e. The Balaban J connectivity index is 3.23. The van der Waals surface area contributed by atoms with E-state index in [4.69, 9.17) is 4.74 Å². The molecule has 1 rings (SSSR count). The molecule has 20 heavy (non-hydrogen) atoms. The molecule has 0 saturated heterocycles. The summed E-state index contributed by atoms with van der Waals surface area (Å²) in [5.41, 5.74) is 0.932. The lowest BCUT2D eigenvalue weighted by Crippen LogP contribution is -2.46. The highest BCUT2D eigenvalue weighted by Crippen LogP contribution is 2.33. The fourth-order valence-corrected chi connectivity index (χ4v) is 2.63. The third-order valence-electron chi connectivity index (χ3n) is 3.81. The lowest BCUT2D eigenvalue weighted by molar-refractivity contribution is -0.00603. The van der Waals surface area contributed by atoms with Crippen LogP contribution in [0, 0.1) is 0 Å². The van der Waals surface area contributed by atoms with Crippen LogP contribution in [0.3, 0.4) is 0 Å². The third-order valence-corrected chi connectivity index (χ3v) is 3.81. The van der Waals surface area contributed by atoms with Crippen LogP contribution in [0.5, 0.6) is 5.75 Å². The Morgan fingerprint density at radius 2 is 2.15 bits per heavy atom. The van der Waals surface area contributed by atoms with Crippen molar-refractivity contribution in [3.63, 3.8) is 0 Å². The van der Waals surface area contributed by atoms with Crippen molar-refractivity contribution in [2.24, 2.45) is 0 Å². The van der Waals surface area contributed by atoms with Crippen molar-refractivity contribution >= 4 is 6.08 Å². The average molecular weight is 277 g/mol. The fraction of sp³-hybridized carbons (Fsp3) is 0.529. The summed E-state index contributed by atoms with van der Waals surface area (Å²) in [6.07, 6.45) is 3.39. The lowest BCUT2D eigenvalue weighted by Gasteiger charge is -2.35. The van der Waals surface area contributed by atoms with Crippen molar-refractivity contribution in [3.8, 4) is 5.75 Å². The summed E-state index contributed by atoms with van der Waals surface area (Å²) in [5.74, 6) is 0.777. The van der Waals surface area contributed by atoms with Crippen molar-refractivity contribution in [1.82, 2.24) is 5.32 Å². The highest BCUT2D eigenvalue weighted by atomic mass is 16.5. The molecule has 3 heteroatoms. The van der Waals surface area contributed by atoms with Gasteiger partial charge in [-0.15, -0.1) is 0 Å². The highest BCUT2D eigenvalue weighted by molar-refractivity contribution is 5.57. The van der Waals surface area contributed by atoms with Crippen LogP contribution in [0.15, 0.2) is 24.8 Å². The number of rotatable bonds is 8. The smallest absolute Gasteiger partial charge is 0.126 e. The van der Waals surface area contributed by atoms with Gasteiger partial charge in [0.05, 0.1) is 7.11 Å². The van der Waals surface area contributed by atoms with Crippen molar-refractivity contribution < 1.29 is 9.84 Å². The van der Waals surface area contributed by atoms with E-state index in [-0.39, 0.29) is 6.04 Å². The molecule has 0 fully saturated rings. The van der Waals surface area contributed by atoms with Gasteiger partial charge in [0.25, 0.3) is 0 Å². The highest BCUT2D eigenvalue weighted by Gasteiger charge is 2.34. The molecule has 0 aliphatic carbocycles. The zero-order valence-corrected chi connectivity index (χ0v) is 13.1. The van der Waals surface area contributed by atoms with E-state index in [0.717, 1.165) is 29.8 Å². The van der Waals surface area contributed by atoms with Gasteiger partial charge in [0.15, 0.2) is 0 Å². The molecule has 0 radical (unpaired) electrons. The quantitative estimate of drug-likeness (QED) is 0.766. The Morgan fingerprint density at radius 1 is 1.45 bits per heavy atom. The van der Waals surface area contributed by atoms with Gasteiger partial charge in [0, 0.05) is 11.6 Å². The van der Waals surface area contributed by atoms with Crippen LogP contribution in [0.2, 0.25) is 0 Å². The van der Waals surface area contributed by atoms with Gasteiger partial charge in [-0.05, 0) is 37.6 Å². The first-order valence-electron chi connectivity index (χ1n) is 7.30.